The number of carboxylic acids is 1. The number of aliphatic carboxylic acids is 1. The molecule has 16 N–H and O–H groups in total. The molecule has 0 aliphatic carbocycles. The Morgan fingerprint density at radius 3 is 1.84 bits per heavy atom. The van der Waals surface area contributed by atoms with Crippen LogP contribution in [-0.2, 0) is 70.4 Å². The summed E-state index contributed by atoms with van der Waals surface area (Å²) < 4.78 is 0. The lowest BCUT2D eigenvalue weighted by molar-refractivity contribution is -0.156. The Kier molecular flexibility index (Phi) is 30.8. The molecule has 2 aromatic carbocycles. The molecule has 28 heteroatoms. The van der Waals surface area contributed by atoms with Crippen LogP contribution in [0.25, 0.3) is 10.9 Å². The number of nitrogens with one attached hydrogen (secondary N) is 9. The van der Waals surface area contributed by atoms with Crippen molar-refractivity contribution in [2.45, 2.75) is 160 Å². The number of amides is 11. The smallest absolute Gasteiger partial charge is 0.326 e. The fourth-order valence-electron chi connectivity index (χ4n) is 8.82. The molecule has 0 unspecified atom stereocenters. The number of aromatic nitrogens is 1. The number of hydrogen-bond donors (Lipinski definition) is 14. The van der Waals surface area contributed by atoms with Crippen molar-refractivity contribution < 1.29 is 72.9 Å². The molecule has 0 spiro atoms. The van der Waals surface area contributed by atoms with Gasteiger partial charge in [-0.2, -0.15) is 11.8 Å². The molecule has 0 bridgehead atoms. The van der Waals surface area contributed by atoms with E-state index < -0.39 is 152 Å². The third-order valence-corrected chi connectivity index (χ3v) is 14.1. The van der Waals surface area contributed by atoms with Gasteiger partial charge in [-0.05, 0) is 68.2 Å². The van der Waals surface area contributed by atoms with Crippen molar-refractivity contribution in [2.75, 3.05) is 31.8 Å². The number of carboxylic acid groups (broad SMARTS) is 1. The Balaban J connectivity index is 1.90. The van der Waals surface area contributed by atoms with Gasteiger partial charge in [0, 0.05) is 36.4 Å². The molecule has 27 nitrogen and oxygen atoms in total. The minimum atomic E-state index is -2.09. The van der Waals surface area contributed by atoms with Gasteiger partial charge >= 0.3 is 5.97 Å². The molecule has 0 aliphatic rings. The number of carbonyl (C=O) groups excluding carboxylic acids is 11. The first-order valence-electron chi connectivity index (χ1n) is 28.2. The largest absolute Gasteiger partial charge is 0.480 e. The maximum Gasteiger partial charge on any atom is 0.326 e. The zero-order chi connectivity index (χ0) is 63.3. The van der Waals surface area contributed by atoms with E-state index >= 15 is 0 Å². The Morgan fingerprint density at radius 1 is 0.635 bits per heavy atom. The maximum atomic E-state index is 14.5. The Bertz CT molecular complexity index is 2760. The van der Waals surface area contributed by atoms with Crippen LogP contribution < -0.4 is 54.0 Å². The lowest BCUT2D eigenvalue weighted by Crippen LogP contribution is -2.63. The SMILES string of the molecule is CCCCCCCC(=O)N(C(=O)[C@H](CO)NC(=O)CNC(=O)[C@H](C)NC(=O)[C@H](CCSC)NC(=O)[C@H](C)N)[C@@H](CO)C(=O)N[C@@H](Cc1ccccc1)C(=O)N[C@@H](CC(C)C)C(=O)N[C@@H](CC(N)=O)C(=O)N[C@@H](Cc1c[nH]c2ccccc12)C(=O)O. The minimum Gasteiger partial charge on any atom is -0.480 e. The number of para-hydroxylation sites is 1. The van der Waals surface area contributed by atoms with E-state index in [2.05, 4.69) is 47.5 Å². The molecule has 3 rings (SSSR count). The predicted octanol–water partition coefficient (Wildman–Crippen LogP) is -1.34. The maximum absolute atomic E-state index is 14.5. The van der Waals surface area contributed by atoms with Crippen LogP contribution in [0.1, 0.15) is 104 Å². The van der Waals surface area contributed by atoms with Crippen LogP contribution >= 0.6 is 11.8 Å². The highest BCUT2D eigenvalue weighted by molar-refractivity contribution is 7.98. The number of nitrogens with two attached hydrogens (primary N) is 2. The van der Waals surface area contributed by atoms with Crippen LogP contribution in [0, 0.1) is 5.92 Å². The molecule has 0 aliphatic heterocycles. The van der Waals surface area contributed by atoms with Gasteiger partial charge in [0.05, 0.1) is 32.2 Å². The van der Waals surface area contributed by atoms with Crippen molar-refractivity contribution in [1.82, 2.24) is 52.4 Å². The highest BCUT2D eigenvalue weighted by atomic mass is 32.2. The van der Waals surface area contributed by atoms with Crippen molar-refractivity contribution >= 4 is 93.6 Å². The van der Waals surface area contributed by atoms with Crippen molar-refractivity contribution in [3.8, 4) is 0 Å². The quantitative estimate of drug-likeness (QED) is 0.0295. The molecule has 0 saturated carbocycles. The molecule has 468 valence electrons. The topological polar surface area (TPSA) is 433 Å². The lowest BCUT2D eigenvalue weighted by Gasteiger charge is -2.32. The molecule has 1 aromatic heterocycles. The van der Waals surface area contributed by atoms with E-state index in [1.165, 1.54) is 25.6 Å². The number of fused-ring (bicyclic) bond motifs is 1. The van der Waals surface area contributed by atoms with E-state index in [0.29, 0.717) is 39.1 Å². The fourth-order valence-corrected chi connectivity index (χ4v) is 9.29. The highest BCUT2D eigenvalue weighted by Crippen LogP contribution is 2.20. The number of rotatable bonds is 38. The van der Waals surface area contributed by atoms with Gasteiger partial charge in [-0.1, -0.05) is 95.0 Å². The number of hydrogen-bond acceptors (Lipinski definition) is 16. The number of benzene rings is 2. The normalized spacial score (nSPS) is 14.3. The average Bonchev–Trinajstić information content (AvgIpc) is 4.17. The molecule has 0 radical (unpaired) electrons. The lowest BCUT2D eigenvalue weighted by atomic mass is 10.00. The van der Waals surface area contributed by atoms with Crippen molar-refractivity contribution in [1.29, 1.82) is 0 Å². The second-order valence-corrected chi connectivity index (χ2v) is 22.0. The van der Waals surface area contributed by atoms with E-state index in [-0.39, 0.29) is 44.4 Å². The molecule has 85 heavy (non-hydrogen) atoms. The first-order valence-corrected chi connectivity index (χ1v) is 29.6. The van der Waals surface area contributed by atoms with E-state index in [1.54, 1.807) is 80.9 Å². The molecule has 0 fully saturated rings. The van der Waals surface area contributed by atoms with Gasteiger partial charge in [0.15, 0.2) is 0 Å². The molecular formula is C57H84N12O15S. The first-order chi connectivity index (χ1) is 40.3. The number of aliphatic hydroxyl groups excluding tert-OH is 2. The van der Waals surface area contributed by atoms with Crippen molar-refractivity contribution in [3.63, 3.8) is 0 Å². The third-order valence-electron chi connectivity index (χ3n) is 13.4. The van der Waals surface area contributed by atoms with Gasteiger partial charge in [-0.15, -0.1) is 0 Å². The van der Waals surface area contributed by atoms with E-state index in [1.807, 2.05) is 6.92 Å². The van der Waals surface area contributed by atoms with Crippen LogP contribution in [0.2, 0.25) is 0 Å². The number of carbonyl (C=O) groups is 12. The number of aliphatic hydroxyl groups is 2. The number of thioether (sulfide) groups is 1. The van der Waals surface area contributed by atoms with Crippen LogP contribution in [-0.4, -0.2) is 182 Å². The summed E-state index contributed by atoms with van der Waals surface area (Å²) >= 11 is 1.42. The third kappa shape index (κ3) is 23.9. The van der Waals surface area contributed by atoms with E-state index in [9.17, 15) is 72.9 Å². The zero-order valence-corrected chi connectivity index (χ0v) is 49.7. The number of H-pyrrole nitrogens is 1. The van der Waals surface area contributed by atoms with Gasteiger partial charge < -0.3 is 74.3 Å². The summed E-state index contributed by atoms with van der Waals surface area (Å²) in [5.74, 6) is -12.2. The number of unbranched alkanes of at least 4 members (excludes halogenated alkanes) is 4. The summed E-state index contributed by atoms with van der Waals surface area (Å²) in [6.45, 7) is 4.94. The molecule has 1 heterocycles. The second-order valence-electron chi connectivity index (χ2n) is 21.0. The van der Waals surface area contributed by atoms with Gasteiger partial charge in [0.1, 0.15) is 48.3 Å². The first kappa shape index (κ1) is 71.3. The monoisotopic (exact) mass is 1210 g/mol. The molecule has 9 atom stereocenters. The van der Waals surface area contributed by atoms with Crippen LogP contribution in [0.15, 0.2) is 60.8 Å². The number of nitrogens with zero attached hydrogens (tertiary/aromatic N) is 1. The summed E-state index contributed by atoms with van der Waals surface area (Å²) in [6.07, 6.45) is 5.08. The molecule has 0 saturated heterocycles. The Morgan fingerprint density at radius 2 is 1.22 bits per heavy atom. The van der Waals surface area contributed by atoms with Crippen LogP contribution in [0.5, 0.6) is 0 Å². The number of aromatic amines is 1. The second kappa shape index (κ2) is 36.7. The van der Waals surface area contributed by atoms with E-state index in [4.69, 9.17) is 11.5 Å². The van der Waals surface area contributed by atoms with Gasteiger partial charge in [0.2, 0.25) is 59.1 Å². The van der Waals surface area contributed by atoms with Gasteiger partial charge in [0.25, 0.3) is 5.91 Å². The summed E-state index contributed by atoms with van der Waals surface area (Å²) in [7, 11) is 0. The van der Waals surface area contributed by atoms with Crippen molar-refractivity contribution in [3.05, 3.63) is 71.9 Å². The standard InChI is InChI=1S/C57H84N12O15S/c1-7-8-9-10-14-21-48(74)69(56(82)44(30-70)63-47(73)29-61-50(76)34(5)62-51(77)39(22-23-85-6)64-49(75)33(4)58)45(31-71)55(81)67-41(25-35-17-12-11-13-18-35)53(79)65-40(24-32(2)3)52(78)66-42(27-46(59)72)54(80)68-43(57(83)84)26-36-28-60-38-20-16-15-19-37(36)38/h11-13,15-20,28,32-34,39-45,60,70-71H,7-10,14,21-27,29-31,58H2,1-6H3,(H2,59,72)(H,61,76)(H,62,77)(H,63,73)(H,64,75)(H,65,79)(H,66,78)(H,67,81)(H,68,80)(H,83,84)/t33-,34-,39-,40-,41-,42-,43-,44-,45-/m0/s1. The minimum absolute atomic E-state index is 0.0937. The highest BCUT2D eigenvalue weighted by Gasteiger charge is 2.40. The number of primary amides is 1. The zero-order valence-electron chi connectivity index (χ0n) is 48.9. The van der Waals surface area contributed by atoms with Gasteiger partial charge in [-0.25, -0.2) is 4.79 Å². The summed E-state index contributed by atoms with van der Waals surface area (Å²) in [5, 5.41) is 51.6. The summed E-state index contributed by atoms with van der Waals surface area (Å²) in [4.78, 5) is 166. The van der Waals surface area contributed by atoms with Crippen LogP contribution in [0.4, 0.5) is 0 Å². The average molecular weight is 1210 g/mol. The van der Waals surface area contributed by atoms with E-state index in [0.717, 1.165) is 19.3 Å². The molecule has 3 aromatic rings. The Hall–Kier alpha value is -7.95. The predicted molar refractivity (Wildman–Crippen MR) is 315 cm³/mol. The summed E-state index contributed by atoms with van der Waals surface area (Å²) in [5.41, 5.74) is 12.9. The molecular weight excluding hydrogens is 1120 g/mol. The van der Waals surface area contributed by atoms with Crippen LogP contribution in [0.3, 0.4) is 0 Å². The Labute approximate surface area is 497 Å². The molecule has 11 amide bonds. The van der Waals surface area contributed by atoms with Gasteiger partial charge in [-0.3, -0.25) is 57.6 Å². The number of imide groups is 1. The summed E-state index contributed by atoms with van der Waals surface area (Å²) in [6, 6.07) is 1.63. The van der Waals surface area contributed by atoms with Crippen molar-refractivity contribution in [2.24, 2.45) is 17.4 Å². The fraction of sp³-hybridized carbons (Fsp3) is 0.544.